The number of aromatic hydroxyl groups is 1. The molecule has 3 aromatic carbocycles. The number of ketones is 1. The lowest BCUT2D eigenvalue weighted by molar-refractivity contribution is -0.117. The highest BCUT2D eigenvalue weighted by Gasteiger charge is 2.45. The lowest BCUT2D eigenvalue weighted by Crippen LogP contribution is -2.31. The number of halogens is 2. The van der Waals surface area contributed by atoms with Crippen molar-refractivity contribution in [3.05, 3.63) is 106 Å². The summed E-state index contributed by atoms with van der Waals surface area (Å²) in [6.45, 7) is 0. The van der Waals surface area contributed by atoms with Crippen LogP contribution in [0, 0.1) is 5.82 Å². The van der Waals surface area contributed by atoms with Crippen LogP contribution in [0.3, 0.4) is 0 Å². The van der Waals surface area contributed by atoms with E-state index in [0.717, 1.165) is 15.4 Å². The molecule has 1 atom stereocenters. The Labute approximate surface area is 195 Å². The zero-order valence-corrected chi connectivity index (χ0v) is 18.4. The highest BCUT2D eigenvalue weighted by molar-refractivity contribution is 9.10. The van der Waals surface area contributed by atoms with Crippen LogP contribution in [0.5, 0.6) is 5.75 Å². The summed E-state index contributed by atoms with van der Waals surface area (Å²) < 4.78 is 20.5. The molecule has 1 amide bonds. The second kappa shape index (κ2) is 7.90. The molecule has 1 unspecified atom stereocenters. The summed E-state index contributed by atoms with van der Waals surface area (Å²) >= 11 is 3.37. The zero-order chi connectivity index (χ0) is 23.3. The van der Waals surface area contributed by atoms with Crippen LogP contribution in [0.1, 0.15) is 22.2 Å². The number of rotatable bonds is 4. The number of aliphatic hydroxyl groups excluding tert-OH is 1. The Hall–Kier alpha value is -3.91. The number of furan rings is 1. The fourth-order valence-electron chi connectivity index (χ4n) is 3.96. The van der Waals surface area contributed by atoms with Gasteiger partial charge in [0, 0.05) is 15.5 Å². The molecule has 1 aromatic heterocycles. The Balaban J connectivity index is 1.66. The van der Waals surface area contributed by atoms with E-state index in [4.69, 9.17) is 4.42 Å². The predicted molar refractivity (Wildman–Crippen MR) is 123 cm³/mol. The van der Waals surface area contributed by atoms with Crippen molar-refractivity contribution in [2.45, 2.75) is 6.04 Å². The van der Waals surface area contributed by atoms with Crippen molar-refractivity contribution < 1.29 is 28.6 Å². The normalized spacial score (nSPS) is 16.1. The molecule has 0 saturated heterocycles. The molecule has 2 heterocycles. The summed E-state index contributed by atoms with van der Waals surface area (Å²) in [6, 6.07) is 16.9. The summed E-state index contributed by atoms with van der Waals surface area (Å²) in [5, 5.41) is 21.1. The third-order valence-corrected chi connectivity index (χ3v) is 5.94. The molecule has 0 bridgehead atoms. The van der Waals surface area contributed by atoms with Gasteiger partial charge in [-0.05, 0) is 60.2 Å². The van der Waals surface area contributed by atoms with Crippen molar-refractivity contribution in [1.82, 2.24) is 0 Å². The maximum Gasteiger partial charge on any atom is 0.294 e. The summed E-state index contributed by atoms with van der Waals surface area (Å²) in [5.74, 6) is -2.91. The SMILES string of the molecule is O=C(C1=C(O)C(=O)N(c2cccc(F)c2)C1c1ccc(O)cc1)c1cc2cc(Br)ccc2o1. The first kappa shape index (κ1) is 21.0. The number of carbonyl (C=O) groups excluding carboxylic acids is 2. The molecule has 0 aliphatic carbocycles. The fraction of sp³-hybridized carbons (Fsp3) is 0.0400. The molecule has 1 aliphatic rings. The van der Waals surface area contributed by atoms with Crippen molar-refractivity contribution >= 4 is 44.3 Å². The van der Waals surface area contributed by atoms with Crippen molar-refractivity contribution in [1.29, 1.82) is 0 Å². The second-order valence-corrected chi connectivity index (χ2v) is 8.45. The van der Waals surface area contributed by atoms with Gasteiger partial charge in [-0.15, -0.1) is 0 Å². The molecule has 2 N–H and O–H groups in total. The minimum atomic E-state index is -1.06. The lowest BCUT2D eigenvalue weighted by atomic mass is 9.94. The number of anilines is 1. The highest BCUT2D eigenvalue weighted by atomic mass is 79.9. The van der Waals surface area contributed by atoms with Crippen molar-refractivity contribution in [2.75, 3.05) is 4.90 Å². The molecule has 0 radical (unpaired) electrons. The van der Waals surface area contributed by atoms with E-state index in [9.17, 15) is 24.2 Å². The molecule has 33 heavy (non-hydrogen) atoms. The Morgan fingerprint density at radius 1 is 1.00 bits per heavy atom. The van der Waals surface area contributed by atoms with Gasteiger partial charge in [-0.25, -0.2) is 4.39 Å². The number of hydrogen-bond acceptors (Lipinski definition) is 5. The molecule has 4 aromatic rings. The van der Waals surface area contributed by atoms with Gasteiger partial charge in [0.05, 0.1) is 11.6 Å². The first-order valence-electron chi connectivity index (χ1n) is 9.88. The van der Waals surface area contributed by atoms with Gasteiger partial charge in [0.25, 0.3) is 5.91 Å². The third kappa shape index (κ3) is 3.58. The van der Waals surface area contributed by atoms with E-state index in [1.165, 1.54) is 48.5 Å². The zero-order valence-electron chi connectivity index (χ0n) is 16.8. The van der Waals surface area contributed by atoms with Gasteiger partial charge in [-0.2, -0.15) is 0 Å². The number of aliphatic hydroxyl groups is 1. The average molecular weight is 508 g/mol. The Morgan fingerprint density at radius 3 is 2.48 bits per heavy atom. The van der Waals surface area contributed by atoms with Crippen LogP contribution in [0.2, 0.25) is 0 Å². The van der Waals surface area contributed by atoms with Gasteiger partial charge in [0.15, 0.2) is 11.5 Å². The van der Waals surface area contributed by atoms with Crippen LogP contribution in [-0.2, 0) is 4.79 Å². The van der Waals surface area contributed by atoms with Crippen LogP contribution in [-0.4, -0.2) is 21.9 Å². The van der Waals surface area contributed by atoms with Gasteiger partial charge in [0.2, 0.25) is 5.78 Å². The number of phenolic OH excluding ortho intramolecular Hbond substituents is 1. The first-order chi connectivity index (χ1) is 15.8. The largest absolute Gasteiger partial charge is 0.508 e. The maximum absolute atomic E-state index is 14.0. The average Bonchev–Trinajstić information content (AvgIpc) is 3.32. The molecule has 5 rings (SSSR count). The van der Waals surface area contributed by atoms with E-state index < -0.39 is 29.3 Å². The van der Waals surface area contributed by atoms with Crippen molar-refractivity contribution in [3.63, 3.8) is 0 Å². The molecule has 1 aliphatic heterocycles. The summed E-state index contributed by atoms with van der Waals surface area (Å²) in [7, 11) is 0. The Bertz CT molecular complexity index is 1460. The summed E-state index contributed by atoms with van der Waals surface area (Å²) in [6.07, 6.45) is 0. The topological polar surface area (TPSA) is 91.0 Å². The second-order valence-electron chi connectivity index (χ2n) is 7.53. The van der Waals surface area contributed by atoms with Crippen LogP contribution < -0.4 is 4.90 Å². The van der Waals surface area contributed by atoms with E-state index in [0.29, 0.717) is 16.5 Å². The Morgan fingerprint density at radius 2 is 1.76 bits per heavy atom. The quantitative estimate of drug-likeness (QED) is 0.339. The van der Waals surface area contributed by atoms with Gasteiger partial charge in [0.1, 0.15) is 17.1 Å². The number of Topliss-reactive ketones (excluding diaryl/α,β-unsaturated/α-hetero) is 1. The molecule has 0 fully saturated rings. The molecule has 8 heteroatoms. The number of phenols is 1. The Kier molecular flexibility index (Phi) is 5.02. The number of nitrogens with zero attached hydrogens (tertiary/aromatic N) is 1. The highest BCUT2D eigenvalue weighted by Crippen LogP contribution is 2.42. The van der Waals surface area contributed by atoms with Crippen LogP contribution in [0.15, 0.2) is 93.0 Å². The van der Waals surface area contributed by atoms with E-state index in [-0.39, 0.29) is 22.8 Å². The number of hydrogen-bond donors (Lipinski definition) is 2. The summed E-state index contributed by atoms with van der Waals surface area (Å²) in [5.41, 5.74) is 0.875. The summed E-state index contributed by atoms with van der Waals surface area (Å²) in [4.78, 5) is 27.8. The standard InChI is InChI=1S/C25H15BrFNO5/c26-15-6-9-19-14(10-15)11-20(33-19)23(30)21-22(13-4-7-18(29)8-5-13)28(25(32)24(21)31)17-3-1-2-16(27)12-17/h1-12,22,29,31H. The fourth-order valence-corrected chi connectivity index (χ4v) is 4.34. The molecule has 164 valence electrons. The predicted octanol–water partition coefficient (Wildman–Crippen LogP) is 5.82. The molecular formula is C25H15BrFNO5. The van der Waals surface area contributed by atoms with E-state index in [1.54, 1.807) is 18.2 Å². The molecule has 6 nitrogen and oxygen atoms in total. The number of fused-ring (bicyclic) bond motifs is 1. The van der Waals surface area contributed by atoms with E-state index >= 15 is 0 Å². The monoisotopic (exact) mass is 507 g/mol. The number of carbonyl (C=O) groups is 2. The van der Waals surface area contributed by atoms with Crippen molar-refractivity contribution in [3.8, 4) is 5.75 Å². The lowest BCUT2D eigenvalue weighted by Gasteiger charge is -2.26. The van der Waals surface area contributed by atoms with Gasteiger partial charge in [-0.1, -0.05) is 34.1 Å². The van der Waals surface area contributed by atoms with E-state index in [1.807, 2.05) is 0 Å². The smallest absolute Gasteiger partial charge is 0.294 e. The third-order valence-electron chi connectivity index (χ3n) is 5.45. The van der Waals surface area contributed by atoms with Gasteiger partial charge in [-0.3, -0.25) is 14.5 Å². The minimum Gasteiger partial charge on any atom is -0.508 e. The minimum absolute atomic E-state index is 0.00989. The van der Waals surface area contributed by atoms with Gasteiger partial charge >= 0.3 is 0 Å². The van der Waals surface area contributed by atoms with E-state index in [2.05, 4.69) is 15.9 Å². The van der Waals surface area contributed by atoms with Crippen LogP contribution in [0.4, 0.5) is 10.1 Å². The number of amides is 1. The molecular weight excluding hydrogens is 493 g/mol. The van der Waals surface area contributed by atoms with Crippen LogP contribution >= 0.6 is 15.9 Å². The van der Waals surface area contributed by atoms with Crippen LogP contribution in [0.25, 0.3) is 11.0 Å². The maximum atomic E-state index is 14.0. The molecule has 0 saturated carbocycles. The first-order valence-corrected chi connectivity index (χ1v) is 10.7. The number of benzene rings is 3. The molecule has 0 spiro atoms. The van der Waals surface area contributed by atoms with Crippen molar-refractivity contribution in [2.24, 2.45) is 0 Å². The van der Waals surface area contributed by atoms with Gasteiger partial charge < -0.3 is 14.6 Å².